The maximum absolute atomic E-state index is 13.9. The lowest BCUT2D eigenvalue weighted by Crippen LogP contribution is -2.57. The van der Waals surface area contributed by atoms with E-state index < -0.39 is 29.2 Å². The average Bonchev–Trinajstić information content (AvgIpc) is 3.68. The van der Waals surface area contributed by atoms with Gasteiger partial charge in [-0.1, -0.05) is 96.4 Å². The van der Waals surface area contributed by atoms with Crippen LogP contribution in [0.5, 0.6) is 0 Å². The van der Waals surface area contributed by atoms with Crippen molar-refractivity contribution in [2.75, 3.05) is 13.1 Å². The fourth-order valence-electron chi connectivity index (χ4n) is 6.34. The number of carbonyl (C=O) groups is 4. The van der Waals surface area contributed by atoms with E-state index in [0.717, 1.165) is 66.6 Å². The van der Waals surface area contributed by atoms with Crippen molar-refractivity contribution in [3.63, 3.8) is 0 Å². The van der Waals surface area contributed by atoms with Crippen molar-refractivity contribution in [2.45, 2.75) is 156 Å². The van der Waals surface area contributed by atoms with Crippen LogP contribution in [0, 0.1) is 12.3 Å². The SMILES string of the molecule is Cc1ncsc1-c1ccc(CNC(=O)C2CC(O)CN2C(=O)C(NC(=O)CCCCCCCCCCCCNC(=O)OC(C)(C)C)C(C)(C)C)cc1. The van der Waals surface area contributed by atoms with E-state index in [4.69, 9.17) is 4.74 Å². The number of rotatable bonds is 19. The maximum Gasteiger partial charge on any atom is 0.407 e. The maximum atomic E-state index is 13.9. The molecule has 1 aromatic carbocycles. The van der Waals surface area contributed by atoms with E-state index in [-0.39, 0.29) is 36.8 Å². The molecule has 3 unspecified atom stereocenters. The third kappa shape index (κ3) is 14.8. The lowest BCUT2D eigenvalue weighted by atomic mass is 9.85. The summed E-state index contributed by atoms with van der Waals surface area (Å²) in [5.41, 5.74) is 3.74. The number of aromatic nitrogens is 1. The van der Waals surface area contributed by atoms with Gasteiger partial charge in [0.2, 0.25) is 17.7 Å². The number of amides is 4. The molecule has 1 fully saturated rings. The van der Waals surface area contributed by atoms with Crippen LogP contribution in [0.3, 0.4) is 0 Å². The normalized spacial score (nSPS) is 16.7. The summed E-state index contributed by atoms with van der Waals surface area (Å²) in [6, 6.07) is 6.31. The standard InChI is InChI=1S/C40H63N5O6S/c1-28-34(52-27-43-28)30-21-19-29(20-22-30)25-42-36(48)32-24-31(46)26-45(32)37(49)35(39(2,3)4)44-33(47)18-16-14-12-10-8-9-11-13-15-17-23-41-38(50)51-40(5,6)7/h19-22,27,31-32,35,46H,8-18,23-26H2,1-7H3,(H,41,50)(H,42,48)(H,44,47). The molecule has 0 spiro atoms. The topological polar surface area (TPSA) is 150 Å². The highest BCUT2D eigenvalue weighted by Gasteiger charge is 2.44. The number of likely N-dealkylation sites (tertiary alicyclic amines) is 1. The van der Waals surface area contributed by atoms with Crippen LogP contribution < -0.4 is 16.0 Å². The summed E-state index contributed by atoms with van der Waals surface area (Å²) in [5.74, 6) is -0.841. The Morgan fingerprint density at radius 3 is 2.06 bits per heavy atom. The monoisotopic (exact) mass is 741 g/mol. The average molecular weight is 742 g/mol. The van der Waals surface area contributed by atoms with Crippen molar-refractivity contribution in [3.05, 3.63) is 41.0 Å². The number of aliphatic hydroxyl groups is 1. The van der Waals surface area contributed by atoms with E-state index in [9.17, 15) is 24.3 Å². The number of unbranched alkanes of at least 4 members (excludes halogenated alkanes) is 9. The lowest BCUT2D eigenvalue weighted by Gasteiger charge is -2.35. The second kappa shape index (κ2) is 20.7. The second-order valence-corrected chi connectivity index (χ2v) is 17.0. The number of nitrogens with zero attached hydrogens (tertiary/aromatic N) is 2. The summed E-state index contributed by atoms with van der Waals surface area (Å²) < 4.78 is 5.24. The number of benzene rings is 1. The minimum Gasteiger partial charge on any atom is -0.444 e. The molecule has 1 aliphatic rings. The van der Waals surface area contributed by atoms with Gasteiger partial charge >= 0.3 is 6.09 Å². The number of nitrogens with one attached hydrogen (secondary N) is 3. The van der Waals surface area contributed by atoms with Gasteiger partial charge in [0.15, 0.2) is 0 Å². The van der Waals surface area contributed by atoms with Crippen molar-refractivity contribution in [1.82, 2.24) is 25.8 Å². The van der Waals surface area contributed by atoms with Crippen LogP contribution in [-0.2, 0) is 25.7 Å². The molecular weight excluding hydrogens is 679 g/mol. The molecule has 1 aliphatic heterocycles. The first-order chi connectivity index (χ1) is 24.5. The van der Waals surface area contributed by atoms with E-state index in [1.165, 1.54) is 24.2 Å². The number of aryl methyl sites for hydroxylation is 1. The molecule has 0 bridgehead atoms. The number of hydrogen-bond acceptors (Lipinski definition) is 8. The van der Waals surface area contributed by atoms with Crippen LogP contribution in [0.1, 0.15) is 130 Å². The molecule has 12 heteroatoms. The van der Waals surface area contributed by atoms with Gasteiger partial charge in [0.05, 0.1) is 22.2 Å². The van der Waals surface area contributed by atoms with Crippen LogP contribution in [0.15, 0.2) is 29.8 Å². The van der Waals surface area contributed by atoms with E-state index in [2.05, 4.69) is 20.9 Å². The Hall–Kier alpha value is -3.51. The van der Waals surface area contributed by atoms with Gasteiger partial charge in [-0.15, -0.1) is 11.3 Å². The van der Waals surface area contributed by atoms with Crippen LogP contribution in [0.4, 0.5) is 4.79 Å². The summed E-state index contributed by atoms with van der Waals surface area (Å²) in [7, 11) is 0. The number of alkyl carbamates (subject to hydrolysis) is 1. The molecule has 3 rings (SSSR count). The zero-order chi connectivity index (χ0) is 38.3. The molecule has 1 aromatic heterocycles. The Labute approximate surface area is 315 Å². The van der Waals surface area contributed by atoms with Gasteiger partial charge in [0.25, 0.3) is 0 Å². The first-order valence-electron chi connectivity index (χ1n) is 19.1. The number of thiazole rings is 1. The summed E-state index contributed by atoms with van der Waals surface area (Å²) in [4.78, 5) is 58.8. The molecule has 0 saturated carbocycles. The Kier molecular flexibility index (Phi) is 17.0. The highest BCUT2D eigenvalue weighted by atomic mass is 32.1. The molecular formula is C40H63N5O6S. The van der Waals surface area contributed by atoms with Crippen molar-refractivity contribution < 1.29 is 29.0 Å². The summed E-state index contributed by atoms with van der Waals surface area (Å²) in [5, 5.41) is 19.2. The Bertz CT molecular complexity index is 1430. The number of carbonyl (C=O) groups excluding carboxylic acids is 4. The van der Waals surface area contributed by atoms with E-state index >= 15 is 0 Å². The molecule has 3 atom stereocenters. The molecule has 290 valence electrons. The molecule has 1 saturated heterocycles. The lowest BCUT2D eigenvalue weighted by molar-refractivity contribution is -0.144. The summed E-state index contributed by atoms with van der Waals surface area (Å²) >= 11 is 1.59. The second-order valence-electron chi connectivity index (χ2n) is 16.2. The van der Waals surface area contributed by atoms with Gasteiger partial charge in [-0.25, -0.2) is 9.78 Å². The molecule has 2 aromatic rings. The fourth-order valence-corrected chi connectivity index (χ4v) is 7.15. The predicted molar refractivity (Wildman–Crippen MR) is 207 cm³/mol. The van der Waals surface area contributed by atoms with E-state index in [1.807, 2.05) is 78.2 Å². The smallest absolute Gasteiger partial charge is 0.407 e. The Morgan fingerprint density at radius 1 is 0.904 bits per heavy atom. The molecule has 4 N–H and O–H groups in total. The zero-order valence-corrected chi connectivity index (χ0v) is 33.3. The number of β-amino-alcohol motifs (C(OH)–C–C–N with tert-alkyl or cyclic N) is 1. The number of ether oxygens (including phenoxy) is 1. The summed E-state index contributed by atoms with van der Waals surface area (Å²) in [6.07, 6.45) is 9.91. The fraction of sp³-hybridized carbons (Fsp3) is 0.675. The molecule has 11 nitrogen and oxygen atoms in total. The quantitative estimate of drug-likeness (QED) is 0.113. The minimum atomic E-state index is -0.823. The number of aliphatic hydroxyl groups excluding tert-OH is 1. The molecule has 52 heavy (non-hydrogen) atoms. The van der Waals surface area contributed by atoms with Crippen LogP contribution in [0.25, 0.3) is 10.4 Å². The first kappa shape index (κ1) is 42.9. The van der Waals surface area contributed by atoms with Crippen LogP contribution in [0.2, 0.25) is 0 Å². The Balaban J connectivity index is 1.34. The first-order valence-corrected chi connectivity index (χ1v) is 19.9. The third-order valence-electron chi connectivity index (χ3n) is 9.21. The van der Waals surface area contributed by atoms with Crippen molar-refractivity contribution in [1.29, 1.82) is 0 Å². The minimum absolute atomic E-state index is 0.0492. The zero-order valence-electron chi connectivity index (χ0n) is 32.5. The largest absolute Gasteiger partial charge is 0.444 e. The highest BCUT2D eigenvalue weighted by molar-refractivity contribution is 7.13. The van der Waals surface area contributed by atoms with Crippen molar-refractivity contribution >= 4 is 35.2 Å². The third-order valence-corrected chi connectivity index (χ3v) is 10.2. The molecule has 2 heterocycles. The van der Waals surface area contributed by atoms with Gasteiger partial charge in [-0.3, -0.25) is 14.4 Å². The Morgan fingerprint density at radius 2 is 1.50 bits per heavy atom. The van der Waals surface area contributed by atoms with Gasteiger partial charge in [0, 0.05) is 32.5 Å². The van der Waals surface area contributed by atoms with Crippen LogP contribution in [-0.4, -0.2) is 75.7 Å². The molecule has 0 radical (unpaired) electrons. The van der Waals surface area contributed by atoms with Crippen molar-refractivity contribution in [3.8, 4) is 10.4 Å². The predicted octanol–water partition coefficient (Wildman–Crippen LogP) is 7.04. The molecule has 0 aliphatic carbocycles. The van der Waals surface area contributed by atoms with Crippen molar-refractivity contribution in [2.24, 2.45) is 5.41 Å². The molecule has 4 amide bonds. The van der Waals surface area contributed by atoms with Gasteiger partial charge in [-0.2, -0.15) is 0 Å². The van der Waals surface area contributed by atoms with Gasteiger partial charge < -0.3 is 30.7 Å². The van der Waals surface area contributed by atoms with E-state index in [0.29, 0.717) is 19.5 Å². The van der Waals surface area contributed by atoms with Crippen LogP contribution >= 0.6 is 11.3 Å². The summed E-state index contributed by atoms with van der Waals surface area (Å²) in [6.45, 7) is 14.2. The van der Waals surface area contributed by atoms with E-state index in [1.54, 1.807) is 11.3 Å². The number of hydrogen-bond donors (Lipinski definition) is 4. The van der Waals surface area contributed by atoms with Gasteiger partial charge in [0.1, 0.15) is 17.7 Å². The van der Waals surface area contributed by atoms with Gasteiger partial charge in [-0.05, 0) is 57.1 Å². The highest BCUT2D eigenvalue weighted by Crippen LogP contribution is 2.28.